The van der Waals surface area contributed by atoms with Crippen LogP contribution in [-0.2, 0) is 6.42 Å². The summed E-state index contributed by atoms with van der Waals surface area (Å²) >= 11 is 6.15. The monoisotopic (exact) mass is 224 g/mol. The van der Waals surface area contributed by atoms with Gasteiger partial charge in [0.25, 0.3) is 0 Å². The third kappa shape index (κ3) is 2.60. The van der Waals surface area contributed by atoms with E-state index in [9.17, 15) is 4.39 Å². The van der Waals surface area contributed by atoms with Gasteiger partial charge in [0.15, 0.2) is 0 Å². The molecule has 1 aromatic carbocycles. The van der Waals surface area contributed by atoms with Gasteiger partial charge in [-0.2, -0.15) is 0 Å². The molecule has 1 unspecified atom stereocenters. The summed E-state index contributed by atoms with van der Waals surface area (Å²) in [4.78, 5) is 0. The van der Waals surface area contributed by atoms with Crippen molar-refractivity contribution >= 4 is 11.6 Å². The highest BCUT2D eigenvalue weighted by molar-refractivity contribution is 6.20. The molecule has 1 nitrogen and oxygen atoms in total. The first-order valence-electron chi connectivity index (χ1n) is 4.66. The van der Waals surface area contributed by atoms with Crippen molar-refractivity contribution in [3.05, 3.63) is 59.8 Å². The molecule has 0 aliphatic rings. The van der Waals surface area contributed by atoms with E-state index in [4.69, 9.17) is 16.0 Å². The minimum absolute atomic E-state index is 0.175. The number of hydrogen-bond acceptors (Lipinski definition) is 1. The van der Waals surface area contributed by atoms with E-state index in [0.717, 1.165) is 11.1 Å². The molecule has 0 spiro atoms. The maximum atomic E-state index is 12.9. The van der Waals surface area contributed by atoms with Crippen LogP contribution in [0, 0.1) is 5.82 Å². The lowest BCUT2D eigenvalue weighted by atomic mass is 10.1. The molecule has 0 saturated heterocycles. The normalized spacial score (nSPS) is 12.7. The first kappa shape index (κ1) is 10.2. The SMILES string of the molecule is Fc1cccc(CC(Cl)c2ccoc2)c1. The summed E-state index contributed by atoms with van der Waals surface area (Å²) in [5, 5.41) is -0.175. The molecule has 0 radical (unpaired) electrons. The van der Waals surface area contributed by atoms with Crippen LogP contribution in [0.15, 0.2) is 47.3 Å². The predicted molar refractivity (Wildman–Crippen MR) is 57.4 cm³/mol. The molecule has 0 fully saturated rings. The summed E-state index contributed by atoms with van der Waals surface area (Å²) in [6.45, 7) is 0. The minimum atomic E-state index is -0.233. The highest BCUT2D eigenvalue weighted by atomic mass is 35.5. The van der Waals surface area contributed by atoms with E-state index in [1.165, 1.54) is 12.1 Å². The second-order valence-electron chi connectivity index (χ2n) is 3.36. The van der Waals surface area contributed by atoms with Crippen molar-refractivity contribution < 1.29 is 8.81 Å². The Morgan fingerprint density at radius 1 is 1.33 bits per heavy atom. The highest BCUT2D eigenvalue weighted by Gasteiger charge is 2.10. The van der Waals surface area contributed by atoms with Crippen molar-refractivity contribution in [3.8, 4) is 0 Å². The predicted octanol–water partition coefficient (Wildman–Crippen LogP) is 3.94. The Bertz CT molecular complexity index is 425. The van der Waals surface area contributed by atoms with E-state index < -0.39 is 0 Å². The van der Waals surface area contributed by atoms with Crippen LogP contribution in [0.3, 0.4) is 0 Å². The molecule has 1 aromatic heterocycles. The second kappa shape index (κ2) is 4.49. The topological polar surface area (TPSA) is 13.1 Å². The van der Waals surface area contributed by atoms with Crippen molar-refractivity contribution in [2.24, 2.45) is 0 Å². The third-order valence-electron chi connectivity index (χ3n) is 2.21. The van der Waals surface area contributed by atoms with E-state index in [1.54, 1.807) is 18.6 Å². The lowest BCUT2D eigenvalue weighted by Gasteiger charge is -2.06. The number of rotatable bonds is 3. The van der Waals surface area contributed by atoms with Gasteiger partial charge in [-0.25, -0.2) is 4.39 Å². The van der Waals surface area contributed by atoms with Crippen molar-refractivity contribution in [1.29, 1.82) is 0 Å². The summed E-state index contributed by atoms with van der Waals surface area (Å²) in [6, 6.07) is 8.28. The van der Waals surface area contributed by atoms with Crippen LogP contribution in [0.4, 0.5) is 4.39 Å². The van der Waals surface area contributed by atoms with Gasteiger partial charge < -0.3 is 4.42 Å². The van der Waals surface area contributed by atoms with Crippen LogP contribution in [0.1, 0.15) is 16.5 Å². The van der Waals surface area contributed by atoms with Crippen molar-refractivity contribution in [2.45, 2.75) is 11.8 Å². The van der Waals surface area contributed by atoms with Crippen molar-refractivity contribution in [2.75, 3.05) is 0 Å². The largest absolute Gasteiger partial charge is 0.472 e. The summed E-state index contributed by atoms with van der Waals surface area (Å²) in [5.74, 6) is -0.233. The second-order valence-corrected chi connectivity index (χ2v) is 3.89. The van der Waals surface area contributed by atoms with Crippen LogP contribution in [0.2, 0.25) is 0 Å². The number of hydrogen-bond donors (Lipinski definition) is 0. The number of alkyl halides is 1. The fourth-order valence-electron chi connectivity index (χ4n) is 1.44. The van der Waals surface area contributed by atoms with E-state index in [-0.39, 0.29) is 11.2 Å². The van der Waals surface area contributed by atoms with Gasteiger partial charge in [0.05, 0.1) is 17.9 Å². The maximum absolute atomic E-state index is 12.9. The van der Waals surface area contributed by atoms with Crippen molar-refractivity contribution in [3.63, 3.8) is 0 Å². The van der Waals surface area contributed by atoms with Crippen LogP contribution in [-0.4, -0.2) is 0 Å². The van der Waals surface area contributed by atoms with Crippen LogP contribution in [0.25, 0.3) is 0 Å². The maximum Gasteiger partial charge on any atom is 0.123 e. The van der Waals surface area contributed by atoms with Crippen LogP contribution in [0.5, 0.6) is 0 Å². The zero-order chi connectivity index (χ0) is 10.7. The molecule has 2 rings (SSSR count). The smallest absolute Gasteiger partial charge is 0.123 e. The summed E-state index contributed by atoms with van der Waals surface area (Å²) in [6.07, 6.45) is 3.78. The lowest BCUT2D eigenvalue weighted by molar-refractivity contribution is 0.563. The average molecular weight is 225 g/mol. The molecule has 0 N–H and O–H groups in total. The van der Waals surface area contributed by atoms with Crippen LogP contribution >= 0.6 is 11.6 Å². The fraction of sp³-hybridized carbons (Fsp3) is 0.167. The number of halogens is 2. The van der Waals surface area contributed by atoms with E-state index >= 15 is 0 Å². The average Bonchev–Trinajstić information content (AvgIpc) is 2.70. The zero-order valence-corrected chi connectivity index (χ0v) is 8.75. The number of furan rings is 1. The van der Waals surface area contributed by atoms with Gasteiger partial charge in [-0.3, -0.25) is 0 Å². The molecule has 1 atom stereocenters. The first-order valence-corrected chi connectivity index (χ1v) is 5.10. The molecule has 3 heteroatoms. The number of benzene rings is 1. The zero-order valence-electron chi connectivity index (χ0n) is 7.99. The lowest BCUT2D eigenvalue weighted by Crippen LogP contribution is -1.94. The van der Waals surface area contributed by atoms with Gasteiger partial charge in [-0.05, 0) is 30.2 Å². The molecule has 1 heterocycles. The Morgan fingerprint density at radius 3 is 2.87 bits per heavy atom. The van der Waals surface area contributed by atoms with Gasteiger partial charge in [0.1, 0.15) is 5.82 Å². The summed E-state index contributed by atoms with van der Waals surface area (Å²) in [5.41, 5.74) is 1.80. The molecule has 0 saturated carbocycles. The van der Waals surface area contributed by atoms with E-state index in [2.05, 4.69) is 0 Å². The van der Waals surface area contributed by atoms with Gasteiger partial charge >= 0.3 is 0 Å². The highest BCUT2D eigenvalue weighted by Crippen LogP contribution is 2.25. The Hall–Kier alpha value is -1.28. The minimum Gasteiger partial charge on any atom is -0.472 e. The van der Waals surface area contributed by atoms with Gasteiger partial charge in [-0.1, -0.05) is 12.1 Å². The Balaban J connectivity index is 2.09. The summed E-state index contributed by atoms with van der Waals surface area (Å²) < 4.78 is 17.8. The molecule has 2 aromatic rings. The molecule has 0 amide bonds. The Labute approximate surface area is 92.5 Å². The third-order valence-corrected chi connectivity index (χ3v) is 2.62. The molecule has 15 heavy (non-hydrogen) atoms. The summed E-state index contributed by atoms with van der Waals surface area (Å²) in [7, 11) is 0. The van der Waals surface area contributed by atoms with Crippen LogP contribution < -0.4 is 0 Å². The molecular formula is C12H10ClFO. The van der Waals surface area contributed by atoms with Crippen molar-refractivity contribution in [1.82, 2.24) is 0 Å². The molecule has 0 bridgehead atoms. The van der Waals surface area contributed by atoms with Gasteiger partial charge in [0.2, 0.25) is 0 Å². The molecule has 78 valence electrons. The van der Waals surface area contributed by atoms with E-state index in [0.29, 0.717) is 6.42 Å². The quantitative estimate of drug-likeness (QED) is 0.720. The molecule has 0 aliphatic carbocycles. The Morgan fingerprint density at radius 2 is 2.20 bits per heavy atom. The Kier molecular flexibility index (Phi) is 3.07. The fourth-order valence-corrected chi connectivity index (χ4v) is 1.74. The standard InChI is InChI=1S/C12H10ClFO/c13-12(10-4-5-15-8-10)7-9-2-1-3-11(14)6-9/h1-6,8,12H,7H2. The van der Waals surface area contributed by atoms with Gasteiger partial charge in [0, 0.05) is 5.56 Å². The van der Waals surface area contributed by atoms with E-state index in [1.807, 2.05) is 12.1 Å². The molecule has 0 aliphatic heterocycles. The van der Waals surface area contributed by atoms with Gasteiger partial charge in [-0.15, -0.1) is 11.6 Å². The molecular weight excluding hydrogens is 215 g/mol. The first-order chi connectivity index (χ1) is 7.25.